The lowest BCUT2D eigenvalue weighted by atomic mass is 9.59. The molecule has 1 aliphatic rings. The minimum Gasteiger partial charge on any atom is -0.461 e. The van der Waals surface area contributed by atoms with E-state index in [1.54, 1.807) is 0 Å². The standard InChI is InChI=1S/C17H33NO2/c1-11-8-12(16(2,3)4)15(20-14(19)10-18)13(9-11)17(5,6)7/h11-13,15H,8-10,18H2,1-7H3. The third-order valence-corrected chi connectivity index (χ3v) is 4.76. The molecule has 0 amide bonds. The Bertz CT molecular complexity index is 314. The van der Waals surface area contributed by atoms with Crippen LogP contribution in [0.15, 0.2) is 0 Å². The van der Waals surface area contributed by atoms with Gasteiger partial charge in [0.05, 0.1) is 6.54 Å². The summed E-state index contributed by atoms with van der Waals surface area (Å²) < 4.78 is 5.80. The molecule has 1 rings (SSSR count). The van der Waals surface area contributed by atoms with Crippen molar-refractivity contribution in [2.45, 2.75) is 67.4 Å². The van der Waals surface area contributed by atoms with Crippen molar-refractivity contribution in [1.29, 1.82) is 0 Å². The molecule has 2 atom stereocenters. The fourth-order valence-corrected chi connectivity index (χ4v) is 3.57. The number of rotatable bonds is 2. The van der Waals surface area contributed by atoms with Crippen LogP contribution in [0.1, 0.15) is 61.3 Å². The highest BCUT2D eigenvalue weighted by Gasteiger charge is 2.47. The fourth-order valence-electron chi connectivity index (χ4n) is 3.57. The molecule has 3 heteroatoms. The molecule has 0 heterocycles. The lowest BCUT2D eigenvalue weighted by Crippen LogP contribution is -2.50. The molecular weight excluding hydrogens is 250 g/mol. The number of nitrogens with two attached hydrogens (primary N) is 1. The molecule has 1 fully saturated rings. The number of esters is 1. The molecule has 0 aliphatic heterocycles. The van der Waals surface area contributed by atoms with Crippen LogP contribution < -0.4 is 5.73 Å². The zero-order valence-electron chi connectivity index (χ0n) is 14.3. The van der Waals surface area contributed by atoms with Gasteiger partial charge in [-0.15, -0.1) is 0 Å². The zero-order chi connectivity index (χ0) is 15.7. The highest BCUT2D eigenvalue weighted by atomic mass is 16.5. The molecule has 0 aromatic heterocycles. The first-order valence-electron chi connectivity index (χ1n) is 7.86. The Balaban J connectivity index is 3.10. The lowest BCUT2D eigenvalue weighted by Gasteiger charge is -2.50. The van der Waals surface area contributed by atoms with Crippen molar-refractivity contribution in [2.75, 3.05) is 6.54 Å². The van der Waals surface area contributed by atoms with Crippen LogP contribution in [-0.4, -0.2) is 18.6 Å². The molecule has 0 aromatic carbocycles. The summed E-state index contributed by atoms with van der Waals surface area (Å²) in [6.45, 7) is 15.8. The van der Waals surface area contributed by atoms with Crippen LogP contribution in [0.3, 0.4) is 0 Å². The van der Waals surface area contributed by atoms with Crippen molar-refractivity contribution in [3.05, 3.63) is 0 Å². The highest BCUT2D eigenvalue weighted by molar-refractivity contribution is 5.71. The Morgan fingerprint density at radius 1 is 1.05 bits per heavy atom. The lowest BCUT2D eigenvalue weighted by molar-refractivity contribution is -0.167. The van der Waals surface area contributed by atoms with E-state index in [0.717, 1.165) is 12.8 Å². The highest BCUT2D eigenvalue weighted by Crippen LogP contribution is 2.49. The molecule has 118 valence electrons. The number of ether oxygens (including phenoxy) is 1. The quantitative estimate of drug-likeness (QED) is 0.788. The Morgan fingerprint density at radius 3 is 1.75 bits per heavy atom. The van der Waals surface area contributed by atoms with E-state index in [0.29, 0.717) is 17.8 Å². The average molecular weight is 283 g/mol. The van der Waals surface area contributed by atoms with Crippen LogP contribution in [-0.2, 0) is 9.53 Å². The maximum Gasteiger partial charge on any atom is 0.319 e. The van der Waals surface area contributed by atoms with Gasteiger partial charge in [0.15, 0.2) is 0 Å². The van der Waals surface area contributed by atoms with Crippen molar-refractivity contribution in [2.24, 2.45) is 34.3 Å². The minimum atomic E-state index is -0.270. The van der Waals surface area contributed by atoms with Gasteiger partial charge in [-0.2, -0.15) is 0 Å². The molecular formula is C17H33NO2. The summed E-state index contributed by atoms with van der Waals surface area (Å²) >= 11 is 0. The van der Waals surface area contributed by atoms with E-state index in [4.69, 9.17) is 10.5 Å². The van der Waals surface area contributed by atoms with Crippen LogP contribution in [0.4, 0.5) is 0 Å². The summed E-state index contributed by atoms with van der Waals surface area (Å²) in [6, 6.07) is 0. The van der Waals surface area contributed by atoms with E-state index >= 15 is 0 Å². The van der Waals surface area contributed by atoms with E-state index < -0.39 is 0 Å². The molecule has 2 unspecified atom stereocenters. The smallest absolute Gasteiger partial charge is 0.319 e. The molecule has 0 saturated heterocycles. The van der Waals surface area contributed by atoms with Gasteiger partial charge in [-0.25, -0.2) is 0 Å². The van der Waals surface area contributed by atoms with Gasteiger partial charge in [0, 0.05) is 11.8 Å². The normalized spacial score (nSPS) is 32.0. The Kier molecular flexibility index (Phi) is 5.29. The molecule has 0 radical (unpaired) electrons. The summed E-state index contributed by atoms with van der Waals surface area (Å²) in [5.74, 6) is 1.20. The van der Waals surface area contributed by atoms with E-state index in [1.165, 1.54) is 0 Å². The average Bonchev–Trinajstić information content (AvgIpc) is 2.27. The van der Waals surface area contributed by atoms with Crippen LogP contribution in [0.2, 0.25) is 0 Å². The Hall–Kier alpha value is -0.570. The maximum atomic E-state index is 11.8. The van der Waals surface area contributed by atoms with E-state index in [-0.39, 0.29) is 29.4 Å². The summed E-state index contributed by atoms with van der Waals surface area (Å²) in [6.07, 6.45) is 2.24. The van der Waals surface area contributed by atoms with Crippen LogP contribution in [0.25, 0.3) is 0 Å². The van der Waals surface area contributed by atoms with Crippen LogP contribution in [0, 0.1) is 28.6 Å². The second-order valence-electron chi connectivity index (χ2n) is 8.68. The van der Waals surface area contributed by atoms with E-state index in [2.05, 4.69) is 48.5 Å². The maximum absolute atomic E-state index is 11.8. The molecule has 1 saturated carbocycles. The molecule has 0 spiro atoms. The van der Waals surface area contributed by atoms with E-state index in [9.17, 15) is 4.79 Å². The number of hydrogen-bond donors (Lipinski definition) is 1. The van der Waals surface area contributed by atoms with Crippen molar-refractivity contribution >= 4 is 5.97 Å². The molecule has 0 aromatic rings. The Morgan fingerprint density at radius 2 is 1.45 bits per heavy atom. The van der Waals surface area contributed by atoms with Crippen molar-refractivity contribution in [3.63, 3.8) is 0 Å². The van der Waals surface area contributed by atoms with Crippen LogP contribution in [0.5, 0.6) is 0 Å². The zero-order valence-corrected chi connectivity index (χ0v) is 14.3. The fraction of sp³-hybridized carbons (Fsp3) is 0.941. The molecule has 20 heavy (non-hydrogen) atoms. The second-order valence-corrected chi connectivity index (χ2v) is 8.68. The molecule has 3 nitrogen and oxygen atoms in total. The summed E-state index contributed by atoms with van der Waals surface area (Å²) in [5, 5.41) is 0. The first kappa shape index (κ1) is 17.5. The van der Waals surface area contributed by atoms with Gasteiger partial charge in [-0.1, -0.05) is 48.5 Å². The van der Waals surface area contributed by atoms with Crippen molar-refractivity contribution in [1.82, 2.24) is 0 Å². The van der Waals surface area contributed by atoms with Gasteiger partial charge < -0.3 is 10.5 Å². The Labute approximate surface area is 124 Å². The van der Waals surface area contributed by atoms with Gasteiger partial charge in [-0.3, -0.25) is 4.79 Å². The summed E-state index contributed by atoms with van der Waals surface area (Å²) in [5.41, 5.74) is 5.72. The minimum absolute atomic E-state index is 0.0118. The van der Waals surface area contributed by atoms with Crippen molar-refractivity contribution < 1.29 is 9.53 Å². The van der Waals surface area contributed by atoms with Crippen LogP contribution >= 0.6 is 0 Å². The molecule has 0 bridgehead atoms. The number of hydrogen-bond acceptors (Lipinski definition) is 3. The van der Waals surface area contributed by atoms with E-state index in [1.807, 2.05) is 0 Å². The van der Waals surface area contributed by atoms with Gasteiger partial charge >= 0.3 is 5.97 Å². The third kappa shape index (κ3) is 4.21. The first-order valence-corrected chi connectivity index (χ1v) is 7.86. The number of carbonyl (C=O) groups excluding carboxylic acids is 1. The topological polar surface area (TPSA) is 52.3 Å². The predicted molar refractivity (Wildman–Crippen MR) is 83.2 cm³/mol. The SMILES string of the molecule is CC1CC(C(C)(C)C)C(OC(=O)CN)C(C(C)(C)C)C1. The van der Waals surface area contributed by atoms with Gasteiger partial charge in [0.25, 0.3) is 0 Å². The van der Waals surface area contributed by atoms with Gasteiger partial charge in [-0.05, 0) is 29.6 Å². The molecule has 1 aliphatic carbocycles. The third-order valence-electron chi connectivity index (χ3n) is 4.76. The summed E-state index contributed by atoms with van der Waals surface area (Å²) in [4.78, 5) is 11.8. The van der Waals surface area contributed by atoms with Gasteiger partial charge in [0.2, 0.25) is 0 Å². The van der Waals surface area contributed by atoms with Gasteiger partial charge in [0.1, 0.15) is 6.10 Å². The largest absolute Gasteiger partial charge is 0.461 e. The molecule has 2 N–H and O–H groups in total. The predicted octanol–water partition coefficient (Wildman–Crippen LogP) is 3.61. The summed E-state index contributed by atoms with van der Waals surface area (Å²) in [7, 11) is 0. The van der Waals surface area contributed by atoms with Crippen molar-refractivity contribution in [3.8, 4) is 0 Å². The second kappa shape index (κ2) is 6.05. The monoisotopic (exact) mass is 283 g/mol. The first-order chi connectivity index (χ1) is 8.96. The number of carbonyl (C=O) groups is 1.